The Morgan fingerprint density at radius 3 is 2.25 bits per heavy atom. The van der Waals surface area contributed by atoms with Gasteiger partial charge >= 0.3 is 0 Å². The molecule has 1 atom stereocenters. The molecule has 0 rings (SSSR count). The summed E-state index contributed by atoms with van der Waals surface area (Å²) in [5.41, 5.74) is -0.641. The smallest absolute Gasteiger partial charge is 0.0852 e. The highest BCUT2D eigenvalue weighted by Gasteiger charge is 2.18. The van der Waals surface area contributed by atoms with Crippen LogP contribution in [0.3, 0.4) is 0 Å². The molecule has 0 saturated carbocycles. The first kappa shape index (κ1) is 15.7. The fourth-order valence-electron chi connectivity index (χ4n) is 1.88. The summed E-state index contributed by atoms with van der Waals surface area (Å²) in [6, 6.07) is 0. The number of rotatable bonds is 11. The third kappa shape index (κ3) is 10.2. The molecule has 0 aliphatic heterocycles. The molecule has 1 unspecified atom stereocenters. The summed E-state index contributed by atoms with van der Waals surface area (Å²) in [6.45, 7) is 6.00. The Labute approximate surface area is 101 Å². The predicted octanol–water partition coefficient (Wildman–Crippen LogP) is 3.69. The molecule has 2 nitrogen and oxygen atoms in total. The van der Waals surface area contributed by atoms with Crippen molar-refractivity contribution in [1.82, 2.24) is 0 Å². The lowest BCUT2D eigenvalue weighted by Crippen LogP contribution is -2.29. The van der Waals surface area contributed by atoms with Crippen LogP contribution in [-0.4, -0.2) is 24.4 Å². The first-order valence-electron chi connectivity index (χ1n) is 6.44. The Bertz CT molecular complexity index is 164. The summed E-state index contributed by atoms with van der Waals surface area (Å²) in [5.74, 6) is 0. The van der Waals surface area contributed by atoms with Gasteiger partial charge in [-0.05, 0) is 26.2 Å². The zero-order chi connectivity index (χ0) is 12.3. The average Bonchev–Trinajstić information content (AvgIpc) is 2.22. The van der Waals surface area contributed by atoms with Crippen LogP contribution in [0.5, 0.6) is 0 Å². The van der Waals surface area contributed by atoms with E-state index in [0.717, 1.165) is 19.3 Å². The van der Waals surface area contributed by atoms with Gasteiger partial charge in [0.05, 0.1) is 12.2 Å². The Morgan fingerprint density at radius 2 is 1.69 bits per heavy atom. The van der Waals surface area contributed by atoms with Gasteiger partial charge in [-0.15, -0.1) is 6.58 Å². The molecule has 0 aromatic heterocycles. The fraction of sp³-hybridized carbons (Fsp3) is 0.857. The number of aliphatic hydroxyl groups is 1. The van der Waals surface area contributed by atoms with Crippen LogP contribution in [-0.2, 0) is 4.74 Å². The van der Waals surface area contributed by atoms with Crippen LogP contribution in [0.1, 0.15) is 58.3 Å². The van der Waals surface area contributed by atoms with E-state index in [1.165, 1.54) is 32.1 Å². The van der Waals surface area contributed by atoms with Gasteiger partial charge in [0.1, 0.15) is 0 Å². The average molecular weight is 228 g/mol. The minimum atomic E-state index is -0.641. The Balaban J connectivity index is 3.23. The molecule has 0 heterocycles. The highest BCUT2D eigenvalue weighted by Crippen LogP contribution is 2.16. The van der Waals surface area contributed by atoms with E-state index < -0.39 is 5.60 Å². The monoisotopic (exact) mass is 228 g/mol. The number of methoxy groups -OCH3 is 1. The molecule has 0 aromatic rings. The molecule has 1 N–H and O–H groups in total. The fourth-order valence-corrected chi connectivity index (χ4v) is 1.88. The second-order valence-corrected chi connectivity index (χ2v) is 4.88. The van der Waals surface area contributed by atoms with Gasteiger partial charge in [0.2, 0.25) is 0 Å². The summed E-state index contributed by atoms with van der Waals surface area (Å²) < 4.78 is 4.97. The van der Waals surface area contributed by atoms with Gasteiger partial charge in [-0.25, -0.2) is 0 Å². The van der Waals surface area contributed by atoms with Crippen molar-refractivity contribution >= 4 is 0 Å². The van der Waals surface area contributed by atoms with Crippen molar-refractivity contribution in [1.29, 1.82) is 0 Å². The minimum absolute atomic E-state index is 0.437. The lowest BCUT2D eigenvalue weighted by atomic mass is 9.98. The van der Waals surface area contributed by atoms with Gasteiger partial charge in [0.15, 0.2) is 0 Å². The van der Waals surface area contributed by atoms with Gasteiger partial charge in [-0.2, -0.15) is 0 Å². The number of ether oxygens (including phenoxy) is 1. The topological polar surface area (TPSA) is 29.5 Å². The maximum Gasteiger partial charge on any atom is 0.0852 e. The molecule has 96 valence electrons. The maximum absolute atomic E-state index is 9.85. The molecule has 0 saturated heterocycles. The molecule has 0 fully saturated rings. The van der Waals surface area contributed by atoms with Gasteiger partial charge in [-0.1, -0.05) is 38.2 Å². The number of allylic oxidation sites excluding steroid dienone is 1. The Kier molecular flexibility index (Phi) is 9.65. The number of hydrogen-bond donors (Lipinski definition) is 1. The highest BCUT2D eigenvalue weighted by atomic mass is 16.5. The van der Waals surface area contributed by atoms with Crippen LogP contribution in [0, 0.1) is 0 Å². The number of hydrogen-bond acceptors (Lipinski definition) is 2. The SMILES string of the molecule is C=CCCCCCCCCC(C)(O)COC. The lowest BCUT2D eigenvalue weighted by molar-refractivity contribution is -0.0242. The predicted molar refractivity (Wildman–Crippen MR) is 69.6 cm³/mol. The van der Waals surface area contributed by atoms with E-state index in [1.54, 1.807) is 7.11 Å². The van der Waals surface area contributed by atoms with Gasteiger partial charge in [0.25, 0.3) is 0 Å². The quantitative estimate of drug-likeness (QED) is 0.432. The van der Waals surface area contributed by atoms with Crippen molar-refractivity contribution in [2.24, 2.45) is 0 Å². The van der Waals surface area contributed by atoms with E-state index in [9.17, 15) is 5.11 Å². The van der Waals surface area contributed by atoms with Gasteiger partial charge < -0.3 is 9.84 Å². The second kappa shape index (κ2) is 9.86. The van der Waals surface area contributed by atoms with Crippen LogP contribution in [0.4, 0.5) is 0 Å². The summed E-state index contributed by atoms with van der Waals surface area (Å²) in [7, 11) is 1.63. The van der Waals surface area contributed by atoms with E-state index >= 15 is 0 Å². The van der Waals surface area contributed by atoms with Gasteiger partial charge in [-0.3, -0.25) is 0 Å². The van der Waals surface area contributed by atoms with Crippen LogP contribution in [0.15, 0.2) is 12.7 Å². The molecule has 0 aliphatic carbocycles. The lowest BCUT2D eigenvalue weighted by Gasteiger charge is -2.21. The number of unbranched alkanes of at least 4 members (excludes halogenated alkanes) is 6. The third-order valence-electron chi connectivity index (χ3n) is 2.83. The van der Waals surface area contributed by atoms with E-state index in [-0.39, 0.29) is 0 Å². The summed E-state index contributed by atoms with van der Waals surface area (Å²) in [5, 5.41) is 9.85. The molecular weight excluding hydrogens is 200 g/mol. The molecule has 0 spiro atoms. The zero-order valence-corrected chi connectivity index (χ0v) is 11.0. The van der Waals surface area contributed by atoms with Crippen LogP contribution < -0.4 is 0 Å². The van der Waals surface area contributed by atoms with E-state index in [0.29, 0.717) is 6.61 Å². The Hall–Kier alpha value is -0.340. The molecule has 16 heavy (non-hydrogen) atoms. The first-order chi connectivity index (χ1) is 7.62. The first-order valence-corrected chi connectivity index (χ1v) is 6.44. The second-order valence-electron chi connectivity index (χ2n) is 4.88. The van der Waals surface area contributed by atoms with Crippen LogP contribution in [0.2, 0.25) is 0 Å². The normalized spacial score (nSPS) is 14.7. The van der Waals surface area contributed by atoms with E-state index in [1.807, 2.05) is 13.0 Å². The van der Waals surface area contributed by atoms with Crippen molar-refractivity contribution in [2.75, 3.05) is 13.7 Å². The molecule has 0 aliphatic rings. The van der Waals surface area contributed by atoms with Crippen LogP contribution >= 0.6 is 0 Å². The van der Waals surface area contributed by atoms with E-state index in [2.05, 4.69) is 6.58 Å². The third-order valence-corrected chi connectivity index (χ3v) is 2.83. The summed E-state index contributed by atoms with van der Waals surface area (Å²) in [6.07, 6.45) is 11.4. The summed E-state index contributed by atoms with van der Waals surface area (Å²) in [4.78, 5) is 0. The highest BCUT2D eigenvalue weighted by molar-refractivity contribution is 4.71. The standard InChI is InChI=1S/C14H28O2/c1-4-5-6-7-8-9-10-11-12-14(2,15)13-16-3/h4,15H,1,5-13H2,2-3H3. The van der Waals surface area contributed by atoms with E-state index in [4.69, 9.17) is 4.74 Å². The molecule has 0 bridgehead atoms. The van der Waals surface area contributed by atoms with Gasteiger partial charge in [0, 0.05) is 7.11 Å². The Morgan fingerprint density at radius 1 is 1.12 bits per heavy atom. The molecule has 0 aromatic carbocycles. The zero-order valence-electron chi connectivity index (χ0n) is 11.0. The van der Waals surface area contributed by atoms with Crippen molar-refractivity contribution in [3.05, 3.63) is 12.7 Å². The molecular formula is C14H28O2. The van der Waals surface area contributed by atoms with Crippen molar-refractivity contribution in [2.45, 2.75) is 63.9 Å². The van der Waals surface area contributed by atoms with Crippen molar-refractivity contribution in [3.8, 4) is 0 Å². The van der Waals surface area contributed by atoms with Crippen molar-refractivity contribution in [3.63, 3.8) is 0 Å². The minimum Gasteiger partial charge on any atom is -0.388 e. The summed E-state index contributed by atoms with van der Waals surface area (Å²) >= 11 is 0. The molecule has 2 heteroatoms. The maximum atomic E-state index is 9.85. The van der Waals surface area contributed by atoms with Crippen molar-refractivity contribution < 1.29 is 9.84 Å². The molecule has 0 amide bonds. The molecule has 0 radical (unpaired) electrons. The largest absolute Gasteiger partial charge is 0.388 e. The van der Waals surface area contributed by atoms with Crippen LogP contribution in [0.25, 0.3) is 0 Å².